The molecule has 5 rings (SSSR count). The number of para-hydroxylation sites is 1. The van der Waals surface area contributed by atoms with Crippen molar-refractivity contribution < 1.29 is 22.7 Å². The summed E-state index contributed by atoms with van der Waals surface area (Å²) < 4.78 is 45.7. The van der Waals surface area contributed by atoms with E-state index in [1.165, 1.54) is 12.1 Å². The number of rotatable bonds is 6. The van der Waals surface area contributed by atoms with E-state index < -0.39 is 17.7 Å². The second kappa shape index (κ2) is 10.3. The second-order valence-corrected chi connectivity index (χ2v) is 9.26. The van der Waals surface area contributed by atoms with Gasteiger partial charge in [-0.05, 0) is 54.3 Å². The van der Waals surface area contributed by atoms with Gasteiger partial charge in [-0.2, -0.15) is 13.2 Å². The van der Waals surface area contributed by atoms with E-state index >= 15 is 0 Å². The maximum absolute atomic E-state index is 13.5. The van der Waals surface area contributed by atoms with Crippen molar-refractivity contribution in [1.82, 2.24) is 15.3 Å². The van der Waals surface area contributed by atoms with Crippen LogP contribution in [-0.2, 0) is 23.8 Å². The van der Waals surface area contributed by atoms with Crippen LogP contribution in [0.2, 0.25) is 0 Å². The van der Waals surface area contributed by atoms with Gasteiger partial charge in [0.05, 0.1) is 24.6 Å². The van der Waals surface area contributed by atoms with Crippen LogP contribution in [0.1, 0.15) is 16.7 Å². The van der Waals surface area contributed by atoms with E-state index in [2.05, 4.69) is 20.2 Å². The lowest BCUT2D eigenvalue weighted by atomic mass is 9.82. The van der Waals surface area contributed by atoms with Gasteiger partial charge in [-0.1, -0.05) is 18.2 Å². The lowest BCUT2D eigenvalue weighted by molar-refractivity contribution is -0.137. The number of nitrogens with zero attached hydrogens (tertiary/aromatic N) is 4. The minimum atomic E-state index is -4.44. The minimum absolute atomic E-state index is 0.177. The first-order valence-electron chi connectivity index (χ1n) is 12.2. The van der Waals surface area contributed by atoms with Gasteiger partial charge >= 0.3 is 6.18 Å². The number of hydrogen-bond donors (Lipinski definition) is 1. The highest BCUT2D eigenvalue weighted by molar-refractivity contribution is 5.82. The molecule has 2 aliphatic rings. The van der Waals surface area contributed by atoms with Gasteiger partial charge in [0, 0.05) is 44.3 Å². The van der Waals surface area contributed by atoms with Crippen molar-refractivity contribution in [2.45, 2.75) is 25.1 Å². The molecular formula is C27H28F3N5O2. The van der Waals surface area contributed by atoms with Crippen LogP contribution in [0.25, 0.3) is 0 Å². The molecule has 1 N–H and O–H groups in total. The predicted octanol–water partition coefficient (Wildman–Crippen LogP) is 3.73. The fraction of sp³-hybridized carbons (Fsp3) is 0.370. The molecule has 194 valence electrons. The first-order valence-corrected chi connectivity index (χ1v) is 12.2. The number of carbonyl (C=O) groups is 1. The van der Waals surface area contributed by atoms with E-state index in [0.29, 0.717) is 44.1 Å². The summed E-state index contributed by atoms with van der Waals surface area (Å²) in [4.78, 5) is 26.3. The largest absolute Gasteiger partial charge is 0.496 e. The summed E-state index contributed by atoms with van der Waals surface area (Å²) in [6.45, 7) is 2.04. The fourth-order valence-corrected chi connectivity index (χ4v) is 5.30. The van der Waals surface area contributed by atoms with Gasteiger partial charge in [0.25, 0.3) is 0 Å². The second-order valence-electron chi connectivity index (χ2n) is 9.26. The molecule has 0 spiro atoms. The molecule has 0 unspecified atom stereocenters. The first-order chi connectivity index (χ1) is 17.8. The molecule has 0 radical (unpaired) electrons. The minimum Gasteiger partial charge on any atom is -0.496 e. The molecule has 1 fully saturated rings. The third-order valence-electron chi connectivity index (χ3n) is 7.10. The summed E-state index contributed by atoms with van der Waals surface area (Å²) in [5, 5.41) is 3.02. The summed E-state index contributed by atoms with van der Waals surface area (Å²) in [6.07, 6.45) is -0.293. The van der Waals surface area contributed by atoms with Gasteiger partial charge in [-0.15, -0.1) is 0 Å². The van der Waals surface area contributed by atoms with E-state index in [1.54, 1.807) is 25.6 Å². The molecule has 0 bridgehead atoms. The van der Waals surface area contributed by atoms with E-state index in [1.807, 2.05) is 29.2 Å². The first kappa shape index (κ1) is 24.9. The van der Waals surface area contributed by atoms with Gasteiger partial charge in [-0.25, -0.2) is 9.97 Å². The van der Waals surface area contributed by atoms with Crippen molar-refractivity contribution in [3.05, 3.63) is 77.6 Å². The summed E-state index contributed by atoms with van der Waals surface area (Å²) >= 11 is 0. The maximum atomic E-state index is 13.5. The summed E-state index contributed by atoms with van der Waals surface area (Å²) in [5.74, 6) is 0.625. The lowest BCUT2D eigenvalue weighted by Gasteiger charge is -2.49. The molecule has 0 aliphatic carbocycles. The number of carbonyl (C=O) groups excluding carboxylic acids is 1. The van der Waals surface area contributed by atoms with Gasteiger partial charge in [-0.3, -0.25) is 4.79 Å². The molecule has 1 saturated heterocycles. The number of aromatic nitrogens is 2. The monoisotopic (exact) mass is 511 g/mol. The fourth-order valence-electron chi connectivity index (χ4n) is 5.30. The molecule has 10 heteroatoms. The number of anilines is 2. The molecule has 2 atom stereocenters. The predicted molar refractivity (Wildman–Crippen MR) is 134 cm³/mol. The number of hydrogen-bond acceptors (Lipinski definition) is 6. The van der Waals surface area contributed by atoms with Crippen LogP contribution in [-0.4, -0.2) is 55.2 Å². The standard InChI is InChI=1S/C27H28F3N5O2/c1-37-24-6-3-2-5-18(24)9-12-31-25(36)21-16-19-15-20(27(28,29)30)7-8-22(19)35-14-13-34(17-23(21)35)26-32-10-4-11-33-26/h2-8,10-11,15,21,23H,9,12-14,16-17H2,1H3,(H,31,36)/t21-,23-/m1/s1. The van der Waals surface area contributed by atoms with Crippen molar-refractivity contribution in [3.8, 4) is 5.75 Å². The van der Waals surface area contributed by atoms with E-state index in [-0.39, 0.29) is 18.4 Å². The Morgan fingerprint density at radius 1 is 1.11 bits per heavy atom. The molecule has 2 aromatic carbocycles. The number of piperazine rings is 1. The maximum Gasteiger partial charge on any atom is 0.416 e. The third-order valence-corrected chi connectivity index (χ3v) is 7.10. The summed E-state index contributed by atoms with van der Waals surface area (Å²) in [5.41, 5.74) is 1.57. The molecule has 37 heavy (non-hydrogen) atoms. The van der Waals surface area contributed by atoms with Crippen molar-refractivity contribution in [1.29, 1.82) is 0 Å². The van der Waals surface area contributed by atoms with Crippen molar-refractivity contribution >= 4 is 17.5 Å². The molecule has 3 aromatic rings. The van der Waals surface area contributed by atoms with Crippen LogP contribution in [0, 0.1) is 5.92 Å². The van der Waals surface area contributed by atoms with Crippen LogP contribution in [0.3, 0.4) is 0 Å². The summed E-state index contributed by atoms with van der Waals surface area (Å²) in [7, 11) is 1.60. The van der Waals surface area contributed by atoms with E-state index in [0.717, 1.165) is 23.1 Å². The average Bonchev–Trinajstić information content (AvgIpc) is 2.92. The Morgan fingerprint density at radius 3 is 2.65 bits per heavy atom. The van der Waals surface area contributed by atoms with Crippen molar-refractivity contribution in [2.75, 3.05) is 43.1 Å². The number of fused-ring (bicyclic) bond motifs is 3. The molecule has 1 aromatic heterocycles. The zero-order valence-electron chi connectivity index (χ0n) is 20.4. The van der Waals surface area contributed by atoms with E-state index in [9.17, 15) is 18.0 Å². The Bertz CT molecular complexity index is 1250. The third kappa shape index (κ3) is 5.19. The Balaban J connectivity index is 1.39. The van der Waals surface area contributed by atoms with Crippen molar-refractivity contribution in [3.63, 3.8) is 0 Å². The van der Waals surface area contributed by atoms with Gasteiger partial charge in [0.15, 0.2) is 0 Å². The highest BCUT2D eigenvalue weighted by atomic mass is 19.4. The topological polar surface area (TPSA) is 70.6 Å². The molecule has 2 aliphatic heterocycles. The lowest BCUT2D eigenvalue weighted by Crippen LogP contribution is -2.61. The number of alkyl halides is 3. The van der Waals surface area contributed by atoms with Crippen LogP contribution >= 0.6 is 0 Å². The molecule has 7 nitrogen and oxygen atoms in total. The summed E-state index contributed by atoms with van der Waals surface area (Å²) in [6, 6.07) is 13.0. The number of amides is 1. The van der Waals surface area contributed by atoms with E-state index in [4.69, 9.17) is 4.74 Å². The highest BCUT2D eigenvalue weighted by Gasteiger charge is 2.43. The molecule has 3 heterocycles. The smallest absolute Gasteiger partial charge is 0.416 e. The highest BCUT2D eigenvalue weighted by Crippen LogP contribution is 2.40. The van der Waals surface area contributed by atoms with Crippen molar-refractivity contribution in [2.24, 2.45) is 5.92 Å². The average molecular weight is 512 g/mol. The number of nitrogens with one attached hydrogen (secondary N) is 1. The molecule has 1 amide bonds. The number of ether oxygens (including phenoxy) is 1. The number of halogens is 3. The normalized spacial score (nSPS) is 19.1. The zero-order chi connectivity index (χ0) is 26.0. The Morgan fingerprint density at radius 2 is 1.89 bits per heavy atom. The van der Waals surface area contributed by atoms with Crippen LogP contribution in [0.4, 0.5) is 24.8 Å². The zero-order valence-corrected chi connectivity index (χ0v) is 20.4. The SMILES string of the molecule is COc1ccccc1CCNC(=O)[C@@H]1Cc2cc(C(F)(F)F)ccc2N2CCN(c3ncccn3)C[C@H]12. The number of benzene rings is 2. The Labute approximate surface area is 213 Å². The molecule has 0 saturated carbocycles. The van der Waals surface area contributed by atoms with Gasteiger partial charge in [0.2, 0.25) is 11.9 Å². The Kier molecular flexibility index (Phi) is 6.90. The molecular weight excluding hydrogens is 483 g/mol. The van der Waals surface area contributed by atoms with Crippen LogP contribution in [0.5, 0.6) is 5.75 Å². The van der Waals surface area contributed by atoms with Crippen LogP contribution in [0.15, 0.2) is 60.9 Å². The quantitative estimate of drug-likeness (QED) is 0.544. The van der Waals surface area contributed by atoms with Gasteiger partial charge in [0.1, 0.15) is 5.75 Å². The van der Waals surface area contributed by atoms with Crippen LogP contribution < -0.4 is 19.9 Å². The number of methoxy groups -OCH3 is 1. The van der Waals surface area contributed by atoms with Gasteiger partial charge < -0.3 is 19.9 Å². The Hall–Kier alpha value is -3.82.